The number of carboxylic acid groups (broad SMARTS) is 1. The van der Waals surface area contributed by atoms with Crippen LogP contribution in [0.3, 0.4) is 0 Å². The molecule has 265 valence electrons. The molecular weight excluding hydrogens is 751 g/mol. The maximum absolute atomic E-state index is 11.3. The third-order valence-corrected chi connectivity index (χ3v) is 7.11. The third-order valence-electron chi connectivity index (χ3n) is 6.46. The molecule has 0 heterocycles. The first-order valence-corrected chi connectivity index (χ1v) is 16.3. The van der Waals surface area contributed by atoms with Gasteiger partial charge in [-0.15, -0.1) is 0 Å². The van der Waals surface area contributed by atoms with E-state index in [1.165, 1.54) is 22.3 Å². The normalized spacial score (nSPS) is 9.74. The number of rotatable bonds is 15. The van der Waals surface area contributed by atoms with E-state index in [9.17, 15) is 29.8 Å². The molecule has 0 unspecified atom stereocenters. The first kappa shape index (κ1) is 43.3. The number of halogens is 1. The largest absolute Gasteiger partial charge is 0.489 e. The monoisotopic (exact) mass is 789 g/mol. The van der Waals surface area contributed by atoms with E-state index >= 15 is 0 Å². The number of aryl methyl sites for hydroxylation is 2. The molecule has 0 spiro atoms. The molecule has 0 fully saturated rings. The average molecular weight is 791 g/mol. The summed E-state index contributed by atoms with van der Waals surface area (Å²) < 4.78 is 16.4. The minimum atomic E-state index is -1.14. The second kappa shape index (κ2) is 24.4. The van der Waals surface area contributed by atoms with Gasteiger partial charge in [0.05, 0.1) is 0 Å². The van der Waals surface area contributed by atoms with Crippen LogP contribution in [0.15, 0.2) is 97.1 Å². The summed E-state index contributed by atoms with van der Waals surface area (Å²) in [5, 5.41) is 28.4. The van der Waals surface area contributed by atoms with Crippen LogP contribution < -0.4 is 9.47 Å². The van der Waals surface area contributed by atoms with Crippen molar-refractivity contribution >= 4 is 27.9 Å². The minimum absolute atomic E-state index is 0. The van der Waals surface area contributed by atoms with Crippen LogP contribution in [0.25, 0.3) is 0 Å². The first-order chi connectivity index (χ1) is 23.4. The summed E-state index contributed by atoms with van der Waals surface area (Å²) in [7, 11) is 0. The summed E-state index contributed by atoms with van der Waals surface area (Å²) in [6.45, 7) is 4.41. The Balaban J connectivity index is 0.000000418. The number of carbonyl (C=O) groups is 2. The van der Waals surface area contributed by atoms with E-state index in [0.29, 0.717) is 13.2 Å². The van der Waals surface area contributed by atoms with Crippen LogP contribution in [0.5, 0.6) is 11.5 Å². The van der Waals surface area contributed by atoms with Gasteiger partial charge in [-0.3, -0.25) is 29.8 Å². The SMILES string of the molecule is Cc1ccc(COc2ccc(CBr)cc2)cc1.Cc1ccc(COc2ccc(COC(=O)CC[N+](=O)[O-])cc2)cc1.O=C(O)CC[N+](=O)[O-].[V]. The van der Waals surface area contributed by atoms with Gasteiger partial charge in [-0.25, -0.2) is 0 Å². The Bertz CT molecular complexity index is 1590. The smallest absolute Gasteiger partial charge is 0.312 e. The summed E-state index contributed by atoms with van der Waals surface area (Å²) in [6.07, 6.45) is -0.613. The van der Waals surface area contributed by atoms with Gasteiger partial charge in [-0.2, -0.15) is 0 Å². The molecule has 0 aliphatic heterocycles. The van der Waals surface area contributed by atoms with Crippen LogP contribution in [-0.4, -0.2) is 40.0 Å². The number of carbonyl (C=O) groups excluding carboxylic acids is 1. The number of nitrogens with zero attached hydrogens (tertiary/aromatic N) is 2. The summed E-state index contributed by atoms with van der Waals surface area (Å²) >= 11 is 3.42. The molecule has 0 aliphatic carbocycles. The van der Waals surface area contributed by atoms with Crippen molar-refractivity contribution in [2.45, 2.75) is 51.8 Å². The van der Waals surface area contributed by atoms with Crippen LogP contribution in [0, 0.1) is 34.1 Å². The summed E-state index contributed by atoms with van der Waals surface area (Å²) in [4.78, 5) is 39.3. The molecule has 4 aromatic carbocycles. The van der Waals surface area contributed by atoms with Gasteiger partial charge >= 0.3 is 11.9 Å². The molecule has 1 radical (unpaired) electrons. The minimum Gasteiger partial charge on any atom is -0.489 e. The van der Waals surface area contributed by atoms with Crippen molar-refractivity contribution in [2.24, 2.45) is 0 Å². The second-order valence-electron chi connectivity index (χ2n) is 10.6. The Kier molecular flexibility index (Phi) is 21.2. The standard InChI is InChI=1S/C18H19NO5.C15H15BrO.C3H5NO4.V/c1-14-2-4-15(5-3-14)12-23-17-8-6-16(7-9-17)13-24-18(20)10-11-19(21)22;1-12-2-4-14(5-3-12)11-17-15-8-6-13(10-16)7-9-15;5-3(6)1-2-4(7)8;/h2-9H,10-13H2,1H3;2-9H,10-11H2,1H3;1-2H2,(H,5,6);. The molecule has 0 saturated carbocycles. The van der Waals surface area contributed by atoms with Gasteiger partial charge in [0.15, 0.2) is 0 Å². The van der Waals surface area contributed by atoms with Gasteiger partial charge in [-0.1, -0.05) is 99.9 Å². The number of carboxylic acids is 1. The van der Waals surface area contributed by atoms with Crippen molar-refractivity contribution in [2.75, 3.05) is 13.1 Å². The molecule has 1 N–H and O–H groups in total. The fraction of sp³-hybridized carbons (Fsp3) is 0.278. The summed E-state index contributed by atoms with van der Waals surface area (Å²) in [5.74, 6) is -0.0811. The van der Waals surface area contributed by atoms with Gasteiger partial charge in [0.1, 0.15) is 44.2 Å². The van der Waals surface area contributed by atoms with Crippen molar-refractivity contribution in [3.05, 3.63) is 151 Å². The van der Waals surface area contributed by atoms with E-state index in [-0.39, 0.29) is 31.6 Å². The topological polar surface area (TPSA) is 168 Å². The molecule has 0 atom stereocenters. The van der Waals surface area contributed by atoms with Gasteiger partial charge in [0, 0.05) is 33.7 Å². The molecule has 4 aromatic rings. The number of hydrogen-bond acceptors (Lipinski definition) is 9. The zero-order valence-electron chi connectivity index (χ0n) is 27.7. The average Bonchev–Trinajstić information content (AvgIpc) is 3.09. The van der Waals surface area contributed by atoms with Crippen LogP contribution in [-0.2, 0) is 58.0 Å². The Labute approximate surface area is 311 Å². The van der Waals surface area contributed by atoms with Crippen molar-refractivity contribution in [3.63, 3.8) is 0 Å². The molecular formula is C36H39BrN2O10V. The van der Waals surface area contributed by atoms with Crippen LogP contribution in [0.4, 0.5) is 0 Å². The maximum Gasteiger partial charge on any atom is 0.312 e. The van der Waals surface area contributed by atoms with Crippen LogP contribution in [0.2, 0.25) is 0 Å². The van der Waals surface area contributed by atoms with Gasteiger partial charge in [0.2, 0.25) is 13.1 Å². The molecule has 0 aromatic heterocycles. The number of ether oxygens (including phenoxy) is 3. The van der Waals surface area contributed by atoms with Gasteiger partial charge in [-0.05, 0) is 60.4 Å². The van der Waals surface area contributed by atoms with E-state index in [2.05, 4.69) is 59.3 Å². The molecule has 12 nitrogen and oxygen atoms in total. The number of alkyl halides is 1. The quantitative estimate of drug-likeness (QED) is 0.0551. The second-order valence-corrected chi connectivity index (χ2v) is 11.2. The fourth-order valence-electron chi connectivity index (χ4n) is 3.66. The number of hydrogen-bond donors (Lipinski definition) is 1. The number of esters is 1. The van der Waals surface area contributed by atoms with Gasteiger partial charge < -0.3 is 19.3 Å². The predicted octanol–water partition coefficient (Wildman–Crippen LogP) is 7.49. The molecule has 0 amide bonds. The number of aliphatic carboxylic acids is 1. The van der Waals surface area contributed by atoms with Crippen LogP contribution in [0.1, 0.15) is 46.2 Å². The third kappa shape index (κ3) is 19.9. The van der Waals surface area contributed by atoms with Gasteiger partial charge in [0.25, 0.3) is 0 Å². The number of benzene rings is 4. The molecule has 0 bridgehead atoms. The van der Waals surface area contributed by atoms with Crippen LogP contribution >= 0.6 is 15.9 Å². The Morgan fingerprint density at radius 3 is 1.34 bits per heavy atom. The zero-order chi connectivity index (χ0) is 36.0. The van der Waals surface area contributed by atoms with Crippen molar-refractivity contribution in [1.82, 2.24) is 0 Å². The molecule has 14 heteroatoms. The van der Waals surface area contributed by atoms with E-state index < -0.39 is 41.3 Å². The summed E-state index contributed by atoms with van der Waals surface area (Å²) in [6, 6.07) is 31.9. The Hall–Kier alpha value is -4.72. The molecule has 0 aliphatic rings. The predicted molar refractivity (Wildman–Crippen MR) is 187 cm³/mol. The Morgan fingerprint density at radius 1 is 0.620 bits per heavy atom. The van der Waals surface area contributed by atoms with E-state index in [1.54, 1.807) is 24.3 Å². The summed E-state index contributed by atoms with van der Waals surface area (Å²) in [5.41, 5.74) is 6.82. The number of nitro groups is 2. The molecule has 4 rings (SSSR count). The van der Waals surface area contributed by atoms with Crippen molar-refractivity contribution in [3.8, 4) is 11.5 Å². The van der Waals surface area contributed by atoms with Crippen molar-refractivity contribution in [1.29, 1.82) is 0 Å². The molecule has 50 heavy (non-hydrogen) atoms. The van der Waals surface area contributed by atoms with Crippen molar-refractivity contribution < 1.29 is 57.3 Å². The van der Waals surface area contributed by atoms with E-state index in [0.717, 1.165) is 28.0 Å². The molecule has 0 saturated heterocycles. The fourth-order valence-corrected chi connectivity index (χ4v) is 4.04. The van der Waals surface area contributed by atoms with E-state index in [4.69, 9.17) is 19.3 Å². The zero-order valence-corrected chi connectivity index (χ0v) is 30.7. The van der Waals surface area contributed by atoms with E-state index in [1.807, 2.05) is 43.3 Å². The maximum atomic E-state index is 11.3. The Morgan fingerprint density at radius 2 is 0.980 bits per heavy atom. The first-order valence-electron chi connectivity index (χ1n) is 15.1.